The van der Waals surface area contributed by atoms with Crippen molar-refractivity contribution in [3.05, 3.63) is 64.7 Å². The van der Waals surface area contributed by atoms with Crippen LogP contribution in [0.3, 0.4) is 0 Å². The van der Waals surface area contributed by atoms with E-state index in [0.717, 1.165) is 30.0 Å². The highest BCUT2D eigenvalue weighted by Gasteiger charge is 2.07. The number of halogens is 2. The normalized spacial score (nSPS) is 12.2. The first-order chi connectivity index (χ1) is 9.67. The van der Waals surface area contributed by atoms with Crippen LogP contribution in [0.25, 0.3) is 0 Å². The minimum Gasteiger partial charge on any atom is -0.497 e. The molecular weight excluding hydrogens is 291 g/mol. The largest absolute Gasteiger partial charge is 0.497 e. The second-order valence-electron chi connectivity index (χ2n) is 4.81. The maximum atomic E-state index is 6.41. The molecule has 0 aromatic heterocycles. The molecule has 0 aliphatic rings. The lowest BCUT2D eigenvalue weighted by Gasteiger charge is -2.10. The molecule has 1 unspecified atom stereocenters. The topological polar surface area (TPSA) is 9.23 Å². The Morgan fingerprint density at radius 1 is 0.950 bits per heavy atom. The number of alkyl halides is 1. The first kappa shape index (κ1) is 15.2. The molecule has 20 heavy (non-hydrogen) atoms. The molecule has 0 fully saturated rings. The first-order valence-electron chi connectivity index (χ1n) is 6.69. The van der Waals surface area contributed by atoms with Gasteiger partial charge in [-0.25, -0.2) is 0 Å². The van der Waals surface area contributed by atoms with Crippen molar-refractivity contribution in [1.29, 1.82) is 0 Å². The second kappa shape index (κ2) is 7.56. The lowest BCUT2D eigenvalue weighted by atomic mass is 10.0. The fourth-order valence-electron chi connectivity index (χ4n) is 2.09. The van der Waals surface area contributed by atoms with Crippen molar-refractivity contribution in [3.8, 4) is 5.75 Å². The van der Waals surface area contributed by atoms with Gasteiger partial charge in [0.2, 0.25) is 0 Å². The fourth-order valence-corrected chi connectivity index (χ4v) is 2.51. The summed E-state index contributed by atoms with van der Waals surface area (Å²) in [7, 11) is 1.68. The minimum absolute atomic E-state index is 0.137. The van der Waals surface area contributed by atoms with E-state index in [0.29, 0.717) is 0 Å². The molecule has 0 aliphatic heterocycles. The Bertz CT molecular complexity index is 520. The smallest absolute Gasteiger partial charge is 0.118 e. The molecule has 106 valence electrons. The maximum absolute atomic E-state index is 6.41. The van der Waals surface area contributed by atoms with E-state index in [2.05, 4.69) is 12.1 Å². The predicted molar refractivity (Wildman–Crippen MR) is 86.1 cm³/mol. The summed E-state index contributed by atoms with van der Waals surface area (Å²) in [4.78, 5) is 0. The molecule has 0 amide bonds. The van der Waals surface area contributed by atoms with Gasteiger partial charge >= 0.3 is 0 Å². The summed E-state index contributed by atoms with van der Waals surface area (Å²) >= 11 is 12.3. The van der Waals surface area contributed by atoms with Crippen LogP contribution >= 0.6 is 23.2 Å². The van der Waals surface area contributed by atoms with Gasteiger partial charge in [0.1, 0.15) is 5.75 Å². The summed E-state index contributed by atoms with van der Waals surface area (Å²) in [6.45, 7) is 0. The van der Waals surface area contributed by atoms with Gasteiger partial charge in [0, 0.05) is 10.4 Å². The Labute approximate surface area is 130 Å². The molecule has 1 nitrogen and oxygen atoms in total. The van der Waals surface area contributed by atoms with Crippen LogP contribution in [0, 0.1) is 0 Å². The third-order valence-electron chi connectivity index (χ3n) is 3.28. The first-order valence-corrected chi connectivity index (χ1v) is 7.50. The third-order valence-corrected chi connectivity index (χ3v) is 3.90. The number of aryl methyl sites for hydroxylation is 1. The lowest BCUT2D eigenvalue weighted by molar-refractivity contribution is 0.414. The van der Waals surface area contributed by atoms with Gasteiger partial charge in [0.25, 0.3) is 0 Å². The maximum Gasteiger partial charge on any atom is 0.118 e. The number of ether oxygens (including phenoxy) is 1. The zero-order valence-corrected chi connectivity index (χ0v) is 13.0. The van der Waals surface area contributed by atoms with Crippen molar-refractivity contribution in [1.82, 2.24) is 0 Å². The van der Waals surface area contributed by atoms with Crippen LogP contribution in [0.2, 0.25) is 5.02 Å². The highest BCUT2D eigenvalue weighted by Crippen LogP contribution is 2.18. The molecule has 2 aromatic rings. The predicted octanol–water partition coefficient (Wildman–Crippen LogP) is 5.13. The number of hydrogen-bond donors (Lipinski definition) is 0. The number of rotatable bonds is 6. The molecule has 3 heteroatoms. The Hall–Kier alpha value is -1.18. The van der Waals surface area contributed by atoms with Gasteiger partial charge in [0.15, 0.2) is 0 Å². The molecule has 0 aliphatic carbocycles. The zero-order chi connectivity index (χ0) is 14.4. The van der Waals surface area contributed by atoms with Gasteiger partial charge in [-0.05, 0) is 54.7 Å². The van der Waals surface area contributed by atoms with Crippen molar-refractivity contribution in [2.45, 2.75) is 24.6 Å². The molecule has 0 heterocycles. The van der Waals surface area contributed by atoms with E-state index in [1.165, 1.54) is 11.1 Å². The quantitative estimate of drug-likeness (QED) is 0.672. The van der Waals surface area contributed by atoms with Gasteiger partial charge in [0.05, 0.1) is 7.11 Å². The molecule has 0 spiro atoms. The molecular formula is C17H18Cl2O. The van der Waals surface area contributed by atoms with Crippen LogP contribution in [0.1, 0.15) is 17.5 Å². The van der Waals surface area contributed by atoms with Crippen LogP contribution in [0.15, 0.2) is 48.5 Å². The number of hydrogen-bond acceptors (Lipinski definition) is 1. The molecule has 2 rings (SSSR count). The van der Waals surface area contributed by atoms with E-state index in [-0.39, 0.29) is 5.38 Å². The highest BCUT2D eigenvalue weighted by atomic mass is 35.5. The average molecular weight is 309 g/mol. The second-order valence-corrected chi connectivity index (χ2v) is 5.87. The van der Waals surface area contributed by atoms with Crippen LogP contribution in [-0.2, 0) is 12.8 Å². The van der Waals surface area contributed by atoms with Gasteiger partial charge in [-0.3, -0.25) is 0 Å². The SMILES string of the molecule is COc1ccc(CCC(Cl)Cc2ccc(Cl)cc2)cc1. The van der Waals surface area contributed by atoms with Crippen molar-refractivity contribution in [2.24, 2.45) is 0 Å². The minimum atomic E-state index is 0.137. The van der Waals surface area contributed by atoms with Crippen LogP contribution in [0.4, 0.5) is 0 Å². The Balaban J connectivity index is 1.82. The summed E-state index contributed by atoms with van der Waals surface area (Å²) in [5, 5.41) is 0.899. The van der Waals surface area contributed by atoms with Gasteiger partial charge in [-0.2, -0.15) is 0 Å². The van der Waals surface area contributed by atoms with Crippen LogP contribution in [-0.4, -0.2) is 12.5 Å². The molecule has 0 radical (unpaired) electrons. The van der Waals surface area contributed by atoms with Crippen molar-refractivity contribution in [2.75, 3.05) is 7.11 Å². The molecule has 0 bridgehead atoms. The third kappa shape index (κ3) is 4.73. The Morgan fingerprint density at radius 3 is 2.15 bits per heavy atom. The van der Waals surface area contributed by atoms with E-state index in [1.54, 1.807) is 7.11 Å². The molecule has 2 aromatic carbocycles. The van der Waals surface area contributed by atoms with Crippen molar-refractivity contribution >= 4 is 23.2 Å². The molecule has 0 saturated heterocycles. The fraction of sp³-hybridized carbons (Fsp3) is 0.294. The highest BCUT2D eigenvalue weighted by molar-refractivity contribution is 6.30. The molecule has 0 saturated carbocycles. The summed E-state index contributed by atoms with van der Waals surface area (Å²) in [5.41, 5.74) is 2.51. The monoisotopic (exact) mass is 308 g/mol. The zero-order valence-electron chi connectivity index (χ0n) is 11.5. The van der Waals surface area contributed by atoms with E-state index in [4.69, 9.17) is 27.9 Å². The average Bonchev–Trinajstić information content (AvgIpc) is 2.48. The van der Waals surface area contributed by atoms with Crippen molar-refractivity contribution in [3.63, 3.8) is 0 Å². The molecule has 1 atom stereocenters. The number of methoxy groups -OCH3 is 1. The van der Waals surface area contributed by atoms with Crippen LogP contribution in [0.5, 0.6) is 5.75 Å². The summed E-state index contributed by atoms with van der Waals surface area (Å²) in [5.74, 6) is 0.886. The summed E-state index contributed by atoms with van der Waals surface area (Å²) < 4.78 is 5.15. The van der Waals surface area contributed by atoms with Gasteiger partial charge < -0.3 is 4.74 Å². The van der Waals surface area contributed by atoms with Crippen molar-refractivity contribution < 1.29 is 4.74 Å². The lowest BCUT2D eigenvalue weighted by Crippen LogP contribution is -2.05. The Morgan fingerprint density at radius 2 is 1.55 bits per heavy atom. The van der Waals surface area contributed by atoms with E-state index < -0.39 is 0 Å². The van der Waals surface area contributed by atoms with Gasteiger partial charge in [-0.15, -0.1) is 11.6 Å². The molecule has 0 N–H and O–H groups in total. The van der Waals surface area contributed by atoms with E-state index in [1.807, 2.05) is 36.4 Å². The van der Waals surface area contributed by atoms with E-state index in [9.17, 15) is 0 Å². The summed E-state index contributed by atoms with van der Waals surface area (Å²) in [6, 6.07) is 16.0. The van der Waals surface area contributed by atoms with Gasteiger partial charge in [-0.1, -0.05) is 35.9 Å². The summed E-state index contributed by atoms with van der Waals surface area (Å²) in [6.07, 6.45) is 2.80. The standard InChI is InChI=1S/C17H18Cl2O/c1-20-17-10-5-13(6-11-17)2-9-16(19)12-14-3-7-15(18)8-4-14/h3-8,10-11,16H,2,9,12H2,1H3. The Kier molecular flexibility index (Phi) is 5.75. The number of benzene rings is 2. The van der Waals surface area contributed by atoms with Crippen LogP contribution < -0.4 is 4.74 Å². The van der Waals surface area contributed by atoms with E-state index >= 15 is 0 Å².